The van der Waals surface area contributed by atoms with Gasteiger partial charge in [-0.25, -0.2) is 4.39 Å². The third-order valence-corrected chi connectivity index (χ3v) is 1.96. The summed E-state index contributed by atoms with van der Waals surface area (Å²) < 4.78 is 17.8. The Morgan fingerprint density at radius 1 is 1.55 bits per heavy atom. The summed E-state index contributed by atoms with van der Waals surface area (Å²) in [5, 5.41) is 18.1. The van der Waals surface area contributed by atoms with E-state index in [4.69, 9.17) is 14.9 Å². The fourth-order valence-electron chi connectivity index (χ4n) is 1.26. The first-order chi connectivity index (χ1) is 5.04. The molecule has 1 saturated heterocycles. The van der Waals surface area contributed by atoms with Gasteiger partial charge in [0.1, 0.15) is 12.2 Å². The Morgan fingerprint density at radius 3 is 2.27 bits per heavy atom. The predicted octanol–water partition coefficient (Wildman–Crippen LogP) is -0.147. The topological polar surface area (TPSA) is 49.7 Å². The average molecular weight is 164 g/mol. The minimum absolute atomic E-state index is 0.621. The SMILES string of the molecule is CC1O[C@H]([C@H](C)O)C(O)[C@H]1F. The van der Waals surface area contributed by atoms with Gasteiger partial charge in [0.15, 0.2) is 6.17 Å². The lowest BCUT2D eigenvalue weighted by Gasteiger charge is -2.16. The first kappa shape index (κ1) is 8.90. The molecular weight excluding hydrogens is 151 g/mol. The minimum Gasteiger partial charge on any atom is -0.391 e. The maximum Gasteiger partial charge on any atom is 0.154 e. The molecule has 0 aromatic heterocycles. The summed E-state index contributed by atoms with van der Waals surface area (Å²) in [5.74, 6) is 0. The van der Waals surface area contributed by atoms with Gasteiger partial charge in [-0.3, -0.25) is 0 Å². The van der Waals surface area contributed by atoms with Crippen molar-refractivity contribution in [1.29, 1.82) is 0 Å². The molecule has 1 fully saturated rings. The van der Waals surface area contributed by atoms with Crippen LogP contribution in [-0.4, -0.2) is 40.8 Å². The normalized spacial score (nSPS) is 47.7. The number of hydrogen-bond acceptors (Lipinski definition) is 3. The van der Waals surface area contributed by atoms with Gasteiger partial charge in [-0.2, -0.15) is 0 Å². The molecule has 66 valence electrons. The highest BCUT2D eigenvalue weighted by atomic mass is 19.1. The Kier molecular flexibility index (Phi) is 2.47. The first-order valence-electron chi connectivity index (χ1n) is 3.69. The van der Waals surface area contributed by atoms with E-state index < -0.39 is 30.6 Å². The fourth-order valence-corrected chi connectivity index (χ4v) is 1.26. The van der Waals surface area contributed by atoms with Crippen molar-refractivity contribution in [3.05, 3.63) is 0 Å². The first-order valence-corrected chi connectivity index (χ1v) is 3.69. The van der Waals surface area contributed by atoms with Crippen molar-refractivity contribution in [1.82, 2.24) is 0 Å². The van der Waals surface area contributed by atoms with Gasteiger partial charge in [-0.1, -0.05) is 0 Å². The van der Waals surface area contributed by atoms with Crippen LogP contribution in [0, 0.1) is 0 Å². The van der Waals surface area contributed by atoms with Crippen LogP contribution >= 0.6 is 0 Å². The molecule has 0 spiro atoms. The third kappa shape index (κ3) is 1.52. The number of halogens is 1. The van der Waals surface area contributed by atoms with Crippen LogP contribution in [0.4, 0.5) is 4.39 Å². The zero-order valence-electron chi connectivity index (χ0n) is 6.57. The Labute approximate surface area is 64.8 Å². The van der Waals surface area contributed by atoms with E-state index in [1.807, 2.05) is 0 Å². The van der Waals surface area contributed by atoms with Crippen LogP contribution in [0.25, 0.3) is 0 Å². The van der Waals surface area contributed by atoms with E-state index in [9.17, 15) is 4.39 Å². The van der Waals surface area contributed by atoms with Crippen molar-refractivity contribution in [2.75, 3.05) is 0 Å². The molecule has 0 saturated carbocycles. The lowest BCUT2D eigenvalue weighted by atomic mass is 10.1. The summed E-state index contributed by atoms with van der Waals surface area (Å²) in [5.41, 5.74) is 0. The second-order valence-corrected chi connectivity index (χ2v) is 2.98. The number of alkyl halides is 1. The van der Waals surface area contributed by atoms with E-state index in [0.717, 1.165) is 0 Å². The van der Waals surface area contributed by atoms with Crippen molar-refractivity contribution in [2.24, 2.45) is 0 Å². The van der Waals surface area contributed by atoms with Gasteiger partial charge >= 0.3 is 0 Å². The molecule has 4 heteroatoms. The van der Waals surface area contributed by atoms with Crippen molar-refractivity contribution in [3.8, 4) is 0 Å². The molecule has 2 N–H and O–H groups in total. The smallest absolute Gasteiger partial charge is 0.154 e. The van der Waals surface area contributed by atoms with E-state index in [0.29, 0.717) is 0 Å². The quantitative estimate of drug-likeness (QED) is 0.566. The van der Waals surface area contributed by atoms with Gasteiger partial charge in [-0.05, 0) is 13.8 Å². The number of aliphatic hydroxyl groups is 2. The zero-order valence-corrected chi connectivity index (χ0v) is 6.57. The standard InChI is InChI=1S/C7H13FO3/c1-3(9)7-6(10)5(8)4(2)11-7/h3-7,9-10H,1-2H3/t3-,4?,5-,6?,7+/m0/s1. The van der Waals surface area contributed by atoms with Crippen LogP contribution in [0.3, 0.4) is 0 Å². The van der Waals surface area contributed by atoms with Crippen molar-refractivity contribution in [3.63, 3.8) is 0 Å². The van der Waals surface area contributed by atoms with Crippen LogP contribution in [0.15, 0.2) is 0 Å². The summed E-state index contributed by atoms with van der Waals surface area (Å²) in [4.78, 5) is 0. The second-order valence-electron chi connectivity index (χ2n) is 2.98. The summed E-state index contributed by atoms with van der Waals surface area (Å²) in [6, 6.07) is 0. The molecule has 0 amide bonds. The van der Waals surface area contributed by atoms with Gasteiger partial charge in [0, 0.05) is 0 Å². The second kappa shape index (κ2) is 3.05. The fraction of sp³-hybridized carbons (Fsp3) is 1.00. The lowest BCUT2D eigenvalue weighted by molar-refractivity contribution is -0.0544. The van der Waals surface area contributed by atoms with E-state index in [1.165, 1.54) is 13.8 Å². The van der Waals surface area contributed by atoms with Gasteiger partial charge in [-0.15, -0.1) is 0 Å². The van der Waals surface area contributed by atoms with Gasteiger partial charge in [0.05, 0.1) is 12.2 Å². The number of aliphatic hydroxyl groups excluding tert-OH is 2. The molecule has 1 aliphatic heterocycles. The van der Waals surface area contributed by atoms with Crippen molar-refractivity contribution < 1.29 is 19.3 Å². The molecule has 1 rings (SSSR count). The summed E-state index contributed by atoms with van der Waals surface area (Å²) in [6.07, 6.45) is -4.79. The highest BCUT2D eigenvalue weighted by Crippen LogP contribution is 2.25. The van der Waals surface area contributed by atoms with Crippen LogP contribution in [0.1, 0.15) is 13.8 Å². The monoisotopic (exact) mass is 164 g/mol. The van der Waals surface area contributed by atoms with Crippen LogP contribution in [-0.2, 0) is 4.74 Å². The van der Waals surface area contributed by atoms with Crippen LogP contribution in [0.2, 0.25) is 0 Å². The Morgan fingerprint density at radius 2 is 2.09 bits per heavy atom. The summed E-state index contributed by atoms with van der Waals surface area (Å²) in [7, 11) is 0. The number of rotatable bonds is 1. The van der Waals surface area contributed by atoms with Crippen LogP contribution in [0.5, 0.6) is 0 Å². The highest BCUT2D eigenvalue weighted by molar-refractivity contribution is 4.91. The summed E-state index contributed by atoms with van der Waals surface area (Å²) in [6.45, 7) is 3.01. The Bertz CT molecular complexity index is 140. The van der Waals surface area contributed by atoms with E-state index in [2.05, 4.69) is 0 Å². The molecule has 0 radical (unpaired) electrons. The molecule has 5 atom stereocenters. The van der Waals surface area contributed by atoms with Crippen molar-refractivity contribution >= 4 is 0 Å². The molecule has 0 aromatic carbocycles. The van der Waals surface area contributed by atoms with E-state index in [1.54, 1.807) is 0 Å². The molecule has 0 aliphatic carbocycles. The van der Waals surface area contributed by atoms with E-state index in [-0.39, 0.29) is 0 Å². The molecule has 0 bridgehead atoms. The van der Waals surface area contributed by atoms with E-state index >= 15 is 0 Å². The zero-order chi connectivity index (χ0) is 8.59. The average Bonchev–Trinajstić information content (AvgIpc) is 2.17. The number of hydrogen-bond donors (Lipinski definition) is 2. The molecule has 11 heavy (non-hydrogen) atoms. The Balaban J connectivity index is 2.59. The lowest BCUT2D eigenvalue weighted by Crippen LogP contribution is -2.35. The van der Waals surface area contributed by atoms with Gasteiger partial charge in [0.2, 0.25) is 0 Å². The van der Waals surface area contributed by atoms with Crippen molar-refractivity contribution in [2.45, 2.75) is 44.4 Å². The van der Waals surface area contributed by atoms with Gasteiger partial charge in [0.25, 0.3) is 0 Å². The summed E-state index contributed by atoms with van der Waals surface area (Å²) >= 11 is 0. The Hall–Kier alpha value is -0.190. The molecule has 0 aromatic rings. The molecule has 3 nitrogen and oxygen atoms in total. The molecular formula is C7H13FO3. The predicted molar refractivity (Wildman–Crippen MR) is 36.9 cm³/mol. The van der Waals surface area contributed by atoms with Crippen LogP contribution < -0.4 is 0 Å². The number of ether oxygens (including phenoxy) is 1. The highest BCUT2D eigenvalue weighted by Gasteiger charge is 2.43. The minimum atomic E-state index is -1.38. The maximum atomic E-state index is 12.8. The maximum absolute atomic E-state index is 12.8. The molecule has 2 unspecified atom stereocenters. The largest absolute Gasteiger partial charge is 0.391 e. The van der Waals surface area contributed by atoms with Gasteiger partial charge < -0.3 is 14.9 Å². The molecule has 1 aliphatic rings. The molecule has 1 heterocycles. The third-order valence-electron chi connectivity index (χ3n) is 1.96.